The van der Waals surface area contributed by atoms with Crippen LogP contribution in [0.1, 0.15) is 37.0 Å². The van der Waals surface area contributed by atoms with Crippen LogP contribution in [0.5, 0.6) is 5.75 Å². The molecular weight excluding hydrogens is 310 g/mol. The van der Waals surface area contributed by atoms with Crippen LogP contribution in [0.2, 0.25) is 0 Å². The Hall–Kier alpha value is -1.82. The van der Waals surface area contributed by atoms with Crippen LogP contribution in [0, 0.1) is 19.8 Å². The summed E-state index contributed by atoms with van der Waals surface area (Å²) in [7, 11) is 0. The molecule has 1 aromatic carbocycles. The molecule has 0 aliphatic carbocycles. The predicted molar refractivity (Wildman–Crippen MR) is 96.5 cm³/mol. The average Bonchev–Trinajstić information content (AvgIpc) is 2.87. The highest BCUT2D eigenvalue weighted by molar-refractivity contribution is 8.15. The SMILES string of the molecule is Cc1cc(OCCC(C)C)cc(C)c1C=NN=C1NC(=O)CS1. The third-order valence-corrected chi connectivity index (χ3v) is 4.32. The van der Waals surface area contributed by atoms with Crippen molar-refractivity contribution in [2.75, 3.05) is 12.4 Å². The Morgan fingerprint density at radius 3 is 2.61 bits per heavy atom. The number of amides is 1. The van der Waals surface area contributed by atoms with Crippen molar-refractivity contribution in [1.82, 2.24) is 5.32 Å². The highest BCUT2D eigenvalue weighted by Gasteiger charge is 2.16. The summed E-state index contributed by atoms with van der Waals surface area (Å²) >= 11 is 1.36. The van der Waals surface area contributed by atoms with Crippen LogP contribution in [0.15, 0.2) is 22.3 Å². The van der Waals surface area contributed by atoms with Gasteiger partial charge in [-0.15, -0.1) is 5.10 Å². The number of hydrogen-bond acceptors (Lipinski definition) is 5. The van der Waals surface area contributed by atoms with Gasteiger partial charge in [-0.25, -0.2) is 0 Å². The van der Waals surface area contributed by atoms with Gasteiger partial charge in [0, 0.05) is 5.56 Å². The van der Waals surface area contributed by atoms with E-state index in [4.69, 9.17) is 4.74 Å². The summed E-state index contributed by atoms with van der Waals surface area (Å²) in [5, 5.41) is 11.3. The minimum absolute atomic E-state index is 0.0285. The fourth-order valence-electron chi connectivity index (χ4n) is 2.15. The summed E-state index contributed by atoms with van der Waals surface area (Å²) in [6.07, 6.45) is 2.77. The zero-order valence-corrected chi connectivity index (χ0v) is 14.9. The maximum absolute atomic E-state index is 11.1. The van der Waals surface area contributed by atoms with E-state index < -0.39 is 0 Å². The molecule has 1 amide bonds. The molecule has 0 spiro atoms. The number of amidine groups is 1. The molecule has 0 radical (unpaired) electrons. The second kappa shape index (κ2) is 8.15. The number of aryl methyl sites for hydroxylation is 2. The number of hydrogen-bond donors (Lipinski definition) is 1. The van der Waals surface area contributed by atoms with Gasteiger partial charge in [0.1, 0.15) is 5.75 Å². The van der Waals surface area contributed by atoms with Gasteiger partial charge in [0.25, 0.3) is 0 Å². The maximum Gasteiger partial charge on any atom is 0.236 e. The van der Waals surface area contributed by atoms with Crippen LogP contribution in [0.3, 0.4) is 0 Å². The van der Waals surface area contributed by atoms with Crippen molar-refractivity contribution in [3.63, 3.8) is 0 Å². The largest absolute Gasteiger partial charge is 0.494 e. The number of nitrogens with zero attached hydrogens (tertiary/aromatic N) is 2. The molecule has 1 heterocycles. The molecule has 0 atom stereocenters. The molecule has 1 aliphatic heterocycles. The van der Waals surface area contributed by atoms with Crippen molar-refractivity contribution in [2.45, 2.75) is 34.1 Å². The second-order valence-corrected chi connectivity index (χ2v) is 6.95. The lowest BCUT2D eigenvalue weighted by Gasteiger charge is -2.11. The topological polar surface area (TPSA) is 63.1 Å². The molecule has 2 rings (SSSR count). The lowest BCUT2D eigenvalue weighted by molar-refractivity contribution is -0.116. The predicted octanol–water partition coefficient (Wildman–Crippen LogP) is 3.28. The summed E-state index contributed by atoms with van der Waals surface area (Å²) in [4.78, 5) is 11.1. The van der Waals surface area contributed by atoms with Crippen LogP contribution in [-0.2, 0) is 4.79 Å². The lowest BCUT2D eigenvalue weighted by Crippen LogP contribution is -2.19. The molecule has 1 fully saturated rings. The van der Waals surface area contributed by atoms with Crippen molar-refractivity contribution in [3.8, 4) is 5.75 Å². The average molecular weight is 333 g/mol. The van der Waals surface area contributed by atoms with Crippen LogP contribution in [0.25, 0.3) is 0 Å². The van der Waals surface area contributed by atoms with E-state index in [0.717, 1.165) is 35.5 Å². The van der Waals surface area contributed by atoms with Gasteiger partial charge in [-0.2, -0.15) is 5.10 Å². The molecule has 124 valence electrons. The Balaban J connectivity index is 2.03. The number of rotatable bonds is 6. The maximum atomic E-state index is 11.1. The van der Waals surface area contributed by atoms with Crippen molar-refractivity contribution in [3.05, 3.63) is 28.8 Å². The molecule has 0 aromatic heterocycles. The fraction of sp³-hybridized carbons (Fsp3) is 0.471. The van der Waals surface area contributed by atoms with Gasteiger partial charge < -0.3 is 10.1 Å². The Labute approximate surface area is 141 Å². The van der Waals surface area contributed by atoms with Gasteiger partial charge in [-0.05, 0) is 49.4 Å². The first-order valence-corrected chi connectivity index (χ1v) is 8.72. The Morgan fingerprint density at radius 2 is 2.04 bits per heavy atom. The number of benzene rings is 1. The van der Waals surface area contributed by atoms with E-state index in [2.05, 4.69) is 29.4 Å². The molecule has 0 saturated carbocycles. The molecule has 1 aromatic rings. The Morgan fingerprint density at radius 1 is 1.35 bits per heavy atom. The third-order valence-electron chi connectivity index (χ3n) is 3.45. The normalized spacial score (nSPS) is 16.6. The van der Waals surface area contributed by atoms with Crippen molar-refractivity contribution < 1.29 is 9.53 Å². The standard InChI is InChI=1S/C17H23N3O2S/c1-11(2)5-6-22-14-7-12(3)15(13(4)8-14)9-18-20-17-19-16(21)10-23-17/h7-9,11H,5-6,10H2,1-4H3,(H,19,20,21). The van der Waals surface area contributed by atoms with E-state index in [1.165, 1.54) is 11.8 Å². The lowest BCUT2D eigenvalue weighted by atomic mass is 10.0. The van der Waals surface area contributed by atoms with Crippen LogP contribution >= 0.6 is 11.8 Å². The van der Waals surface area contributed by atoms with E-state index in [9.17, 15) is 4.79 Å². The summed E-state index contributed by atoms with van der Waals surface area (Å²) in [6.45, 7) is 9.17. The molecule has 23 heavy (non-hydrogen) atoms. The van der Waals surface area contributed by atoms with Crippen molar-refractivity contribution in [2.24, 2.45) is 16.1 Å². The fourth-order valence-corrected chi connectivity index (χ4v) is 2.78. The van der Waals surface area contributed by atoms with Gasteiger partial charge >= 0.3 is 0 Å². The molecule has 1 N–H and O–H groups in total. The summed E-state index contributed by atoms with van der Waals surface area (Å²) in [5.41, 5.74) is 3.22. The third kappa shape index (κ3) is 5.39. The smallest absolute Gasteiger partial charge is 0.236 e. The number of ether oxygens (including phenoxy) is 1. The Kier molecular flexibility index (Phi) is 6.21. The van der Waals surface area contributed by atoms with Gasteiger partial charge in [0.2, 0.25) is 5.91 Å². The summed E-state index contributed by atoms with van der Waals surface area (Å²) in [5.74, 6) is 1.91. The number of carbonyl (C=O) groups excluding carboxylic acids is 1. The minimum Gasteiger partial charge on any atom is -0.494 e. The monoisotopic (exact) mass is 333 g/mol. The number of carbonyl (C=O) groups is 1. The van der Waals surface area contributed by atoms with E-state index in [1.54, 1.807) is 6.21 Å². The quantitative estimate of drug-likeness (QED) is 0.642. The van der Waals surface area contributed by atoms with Gasteiger partial charge in [0.05, 0.1) is 18.6 Å². The van der Waals surface area contributed by atoms with E-state index in [0.29, 0.717) is 16.8 Å². The first-order valence-electron chi connectivity index (χ1n) is 7.73. The minimum atomic E-state index is -0.0285. The van der Waals surface area contributed by atoms with Gasteiger partial charge in [0.15, 0.2) is 5.17 Å². The first-order chi connectivity index (χ1) is 11.0. The summed E-state index contributed by atoms with van der Waals surface area (Å²) < 4.78 is 5.81. The van der Waals surface area contributed by atoms with E-state index >= 15 is 0 Å². The first kappa shape index (κ1) is 17.5. The number of thioether (sulfide) groups is 1. The molecule has 6 heteroatoms. The highest BCUT2D eigenvalue weighted by Crippen LogP contribution is 2.21. The molecule has 5 nitrogen and oxygen atoms in total. The van der Waals surface area contributed by atoms with Crippen LogP contribution < -0.4 is 10.1 Å². The van der Waals surface area contributed by atoms with Gasteiger partial charge in [-0.1, -0.05) is 25.6 Å². The van der Waals surface area contributed by atoms with Crippen LogP contribution in [0.4, 0.5) is 0 Å². The molecule has 1 saturated heterocycles. The zero-order chi connectivity index (χ0) is 16.8. The number of nitrogens with one attached hydrogen (secondary N) is 1. The molecule has 0 bridgehead atoms. The highest BCUT2D eigenvalue weighted by atomic mass is 32.2. The molecular formula is C17H23N3O2S. The Bertz CT molecular complexity index is 616. The van der Waals surface area contributed by atoms with E-state index in [-0.39, 0.29) is 5.91 Å². The summed E-state index contributed by atoms with van der Waals surface area (Å²) in [6, 6.07) is 4.04. The van der Waals surface area contributed by atoms with E-state index in [1.807, 2.05) is 26.0 Å². The second-order valence-electron chi connectivity index (χ2n) is 5.99. The van der Waals surface area contributed by atoms with Crippen molar-refractivity contribution >= 4 is 29.1 Å². The molecule has 0 unspecified atom stereocenters. The zero-order valence-electron chi connectivity index (χ0n) is 14.0. The molecule has 1 aliphatic rings. The van der Waals surface area contributed by atoms with Crippen molar-refractivity contribution in [1.29, 1.82) is 0 Å². The van der Waals surface area contributed by atoms with Gasteiger partial charge in [-0.3, -0.25) is 4.79 Å². The van der Waals surface area contributed by atoms with Crippen LogP contribution in [-0.4, -0.2) is 29.6 Å².